The molecule has 5 nitrogen and oxygen atoms in total. The van der Waals surface area contributed by atoms with Gasteiger partial charge in [-0.25, -0.2) is 4.79 Å². The third-order valence-electron chi connectivity index (χ3n) is 4.98. The van der Waals surface area contributed by atoms with Gasteiger partial charge in [0.15, 0.2) is 0 Å². The SMILES string of the molecule is O=C(NCCN1CCOCC1)N1CCCC(Cc2ccccc2)C1. The zero-order valence-corrected chi connectivity index (χ0v) is 14.5. The van der Waals surface area contributed by atoms with Gasteiger partial charge in [-0.3, -0.25) is 4.90 Å². The molecule has 0 aliphatic carbocycles. The summed E-state index contributed by atoms with van der Waals surface area (Å²) in [5.74, 6) is 0.575. The maximum atomic E-state index is 12.4. The lowest BCUT2D eigenvalue weighted by Crippen LogP contribution is -2.48. The fraction of sp³-hybridized carbons (Fsp3) is 0.632. The summed E-state index contributed by atoms with van der Waals surface area (Å²) in [6.07, 6.45) is 3.39. The third-order valence-corrected chi connectivity index (χ3v) is 4.98. The van der Waals surface area contributed by atoms with Gasteiger partial charge in [-0.2, -0.15) is 0 Å². The van der Waals surface area contributed by atoms with Crippen molar-refractivity contribution in [2.24, 2.45) is 5.92 Å². The van der Waals surface area contributed by atoms with Gasteiger partial charge in [0.25, 0.3) is 0 Å². The van der Waals surface area contributed by atoms with E-state index in [1.807, 2.05) is 4.90 Å². The second-order valence-electron chi connectivity index (χ2n) is 6.83. The van der Waals surface area contributed by atoms with Gasteiger partial charge in [0.05, 0.1) is 13.2 Å². The number of rotatable bonds is 5. The van der Waals surface area contributed by atoms with Crippen LogP contribution >= 0.6 is 0 Å². The Kier molecular flexibility index (Phi) is 6.49. The van der Waals surface area contributed by atoms with E-state index in [2.05, 4.69) is 40.5 Å². The largest absolute Gasteiger partial charge is 0.379 e. The van der Waals surface area contributed by atoms with Gasteiger partial charge < -0.3 is 15.0 Å². The number of piperidine rings is 1. The highest BCUT2D eigenvalue weighted by Gasteiger charge is 2.23. The van der Waals surface area contributed by atoms with Crippen LogP contribution < -0.4 is 5.32 Å². The number of nitrogens with zero attached hydrogens (tertiary/aromatic N) is 2. The Morgan fingerprint density at radius 3 is 2.75 bits per heavy atom. The van der Waals surface area contributed by atoms with Crippen LogP contribution in [0.25, 0.3) is 0 Å². The minimum Gasteiger partial charge on any atom is -0.379 e. The summed E-state index contributed by atoms with van der Waals surface area (Å²) >= 11 is 0. The molecular formula is C19H29N3O2. The number of carbonyl (C=O) groups is 1. The molecule has 2 heterocycles. The molecule has 5 heteroatoms. The third kappa shape index (κ3) is 5.21. The highest BCUT2D eigenvalue weighted by molar-refractivity contribution is 5.74. The number of morpholine rings is 1. The highest BCUT2D eigenvalue weighted by Crippen LogP contribution is 2.20. The molecule has 2 aliphatic rings. The monoisotopic (exact) mass is 331 g/mol. The summed E-state index contributed by atoms with van der Waals surface area (Å²) in [7, 11) is 0. The number of urea groups is 1. The minimum atomic E-state index is 0.0982. The van der Waals surface area contributed by atoms with E-state index in [0.29, 0.717) is 5.92 Å². The second-order valence-corrected chi connectivity index (χ2v) is 6.83. The minimum absolute atomic E-state index is 0.0982. The normalized spacial score (nSPS) is 22.3. The van der Waals surface area contributed by atoms with Crippen molar-refractivity contribution in [2.75, 3.05) is 52.5 Å². The Hall–Kier alpha value is -1.59. The van der Waals surface area contributed by atoms with E-state index in [9.17, 15) is 4.79 Å². The van der Waals surface area contributed by atoms with E-state index < -0.39 is 0 Å². The molecule has 1 aromatic carbocycles. The first-order valence-corrected chi connectivity index (χ1v) is 9.18. The van der Waals surface area contributed by atoms with Crippen LogP contribution in [0.2, 0.25) is 0 Å². The van der Waals surface area contributed by atoms with Crippen molar-refractivity contribution in [3.63, 3.8) is 0 Å². The first-order chi connectivity index (χ1) is 11.8. The van der Waals surface area contributed by atoms with Crippen molar-refractivity contribution in [3.05, 3.63) is 35.9 Å². The van der Waals surface area contributed by atoms with Crippen molar-refractivity contribution in [1.82, 2.24) is 15.1 Å². The van der Waals surface area contributed by atoms with Crippen LogP contribution in [0, 0.1) is 5.92 Å². The molecule has 3 rings (SSSR count). The smallest absolute Gasteiger partial charge is 0.317 e. The van der Waals surface area contributed by atoms with Crippen LogP contribution in [0.4, 0.5) is 4.79 Å². The van der Waals surface area contributed by atoms with Crippen molar-refractivity contribution in [1.29, 1.82) is 0 Å². The number of ether oxygens (including phenoxy) is 1. The zero-order chi connectivity index (χ0) is 16.6. The number of nitrogens with one attached hydrogen (secondary N) is 1. The van der Waals surface area contributed by atoms with Gasteiger partial charge in [-0.15, -0.1) is 0 Å². The van der Waals surface area contributed by atoms with Crippen molar-refractivity contribution in [2.45, 2.75) is 19.3 Å². The molecule has 1 unspecified atom stereocenters. The molecule has 0 radical (unpaired) electrons. The van der Waals surface area contributed by atoms with Gasteiger partial charge in [-0.1, -0.05) is 30.3 Å². The molecule has 2 aliphatic heterocycles. The number of hydrogen-bond acceptors (Lipinski definition) is 3. The molecule has 132 valence electrons. The Morgan fingerprint density at radius 1 is 1.17 bits per heavy atom. The van der Waals surface area contributed by atoms with Crippen molar-refractivity contribution in [3.8, 4) is 0 Å². The molecule has 1 N–H and O–H groups in total. The first-order valence-electron chi connectivity index (χ1n) is 9.18. The van der Waals surface area contributed by atoms with Crippen LogP contribution in [-0.2, 0) is 11.2 Å². The van der Waals surface area contributed by atoms with Gasteiger partial charge in [0.1, 0.15) is 0 Å². The van der Waals surface area contributed by atoms with E-state index in [4.69, 9.17) is 4.74 Å². The van der Waals surface area contributed by atoms with Gasteiger partial charge in [0, 0.05) is 39.3 Å². The van der Waals surface area contributed by atoms with Crippen LogP contribution in [0.5, 0.6) is 0 Å². The van der Waals surface area contributed by atoms with Crippen LogP contribution in [-0.4, -0.2) is 68.3 Å². The van der Waals surface area contributed by atoms with Gasteiger partial charge in [-0.05, 0) is 30.7 Å². The molecule has 2 amide bonds. The van der Waals surface area contributed by atoms with Crippen molar-refractivity contribution >= 4 is 6.03 Å². The summed E-state index contributed by atoms with van der Waals surface area (Å²) in [4.78, 5) is 16.8. The van der Waals surface area contributed by atoms with E-state index in [-0.39, 0.29) is 6.03 Å². The quantitative estimate of drug-likeness (QED) is 0.897. The zero-order valence-electron chi connectivity index (χ0n) is 14.5. The van der Waals surface area contributed by atoms with Gasteiger partial charge >= 0.3 is 6.03 Å². The van der Waals surface area contributed by atoms with E-state index in [1.54, 1.807) is 0 Å². The fourth-order valence-corrected chi connectivity index (χ4v) is 3.62. The number of amides is 2. The van der Waals surface area contributed by atoms with E-state index in [0.717, 1.165) is 65.3 Å². The number of benzene rings is 1. The van der Waals surface area contributed by atoms with E-state index >= 15 is 0 Å². The summed E-state index contributed by atoms with van der Waals surface area (Å²) in [5, 5.41) is 3.09. The summed E-state index contributed by atoms with van der Waals surface area (Å²) in [5.41, 5.74) is 1.37. The number of likely N-dealkylation sites (tertiary alicyclic amines) is 1. The lowest BCUT2D eigenvalue weighted by molar-refractivity contribution is 0.0385. The molecule has 0 bridgehead atoms. The predicted octanol–water partition coefficient (Wildman–Crippen LogP) is 1.98. The Morgan fingerprint density at radius 2 is 1.96 bits per heavy atom. The first kappa shape index (κ1) is 17.2. The molecule has 1 atom stereocenters. The fourth-order valence-electron chi connectivity index (χ4n) is 3.62. The maximum Gasteiger partial charge on any atom is 0.317 e. The lowest BCUT2D eigenvalue weighted by Gasteiger charge is -2.33. The Bertz CT molecular complexity index is 503. The molecule has 2 fully saturated rings. The number of hydrogen-bond donors (Lipinski definition) is 1. The summed E-state index contributed by atoms with van der Waals surface area (Å²) in [6.45, 7) is 6.95. The average Bonchev–Trinajstić information content (AvgIpc) is 2.64. The Balaban J connectivity index is 1.39. The van der Waals surface area contributed by atoms with Crippen molar-refractivity contribution < 1.29 is 9.53 Å². The summed E-state index contributed by atoms with van der Waals surface area (Å²) < 4.78 is 5.35. The Labute approximate surface area is 145 Å². The second kappa shape index (κ2) is 9.04. The van der Waals surface area contributed by atoms with Crippen LogP contribution in [0.15, 0.2) is 30.3 Å². The molecule has 0 saturated carbocycles. The van der Waals surface area contributed by atoms with Crippen LogP contribution in [0.1, 0.15) is 18.4 Å². The lowest BCUT2D eigenvalue weighted by atomic mass is 9.91. The van der Waals surface area contributed by atoms with Gasteiger partial charge in [0.2, 0.25) is 0 Å². The molecule has 0 spiro atoms. The molecule has 24 heavy (non-hydrogen) atoms. The maximum absolute atomic E-state index is 12.4. The highest BCUT2D eigenvalue weighted by atomic mass is 16.5. The molecule has 0 aromatic heterocycles. The summed E-state index contributed by atoms with van der Waals surface area (Å²) in [6, 6.07) is 10.7. The topological polar surface area (TPSA) is 44.8 Å². The average molecular weight is 331 g/mol. The molecule has 2 saturated heterocycles. The standard InChI is InChI=1S/C19H29N3O2/c23-19(20-8-10-21-11-13-24-14-12-21)22-9-4-7-18(16-22)15-17-5-2-1-3-6-17/h1-3,5-6,18H,4,7-16H2,(H,20,23). The molecule has 1 aromatic rings. The predicted molar refractivity (Wildman–Crippen MR) is 95.1 cm³/mol. The van der Waals surface area contributed by atoms with Crippen LogP contribution in [0.3, 0.4) is 0 Å². The molecular weight excluding hydrogens is 302 g/mol. The number of carbonyl (C=O) groups excluding carboxylic acids is 1. The van der Waals surface area contributed by atoms with E-state index in [1.165, 1.54) is 12.0 Å².